The SMILES string of the molecule is CNC(=O)NC(=O)[C@H](OC(=O)[C@H](C)NC(=O)c1ccccc1Cl)c1ccccc1. The molecule has 0 aromatic heterocycles. The lowest BCUT2D eigenvalue weighted by Gasteiger charge is -2.20. The molecule has 9 heteroatoms. The summed E-state index contributed by atoms with van der Waals surface area (Å²) in [5.74, 6) is -2.24. The molecule has 2 aromatic rings. The molecule has 2 aromatic carbocycles. The summed E-state index contributed by atoms with van der Waals surface area (Å²) in [6, 6.07) is 12.8. The Morgan fingerprint density at radius 3 is 2.21 bits per heavy atom. The van der Waals surface area contributed by atoms with E-state index < -0.39 is 36.0 Å². The van der Waals surface area contributed by atoms with Crippen molar-refractivity contribution < 1.29 is 23.9 Å². The summed E-state index contributed by atoms with van der Waals surface area (Å²) in [6.45, 7) is 1.41. The Labute approximate surface area is 172 Å². The Kier molecular flexibility index (Phi) is 7.73. The van der Waals surface area contributed by atoms with Gasteiger partial charge in [0.1, 0.15) is 6.04 Å². The summed E-state index contributed by atoms with van der Waals surface area (Å²) in [6.07, 6.45) is -1.37. The van der Waals surface area contributed by atoms with Gasteiger partial charge in [0.2, 0.25) is 6.10 Å². The average molecular weight is 418 g/mol. The predicted octanol–water partition coefficient (Wildman–Crippen LogP) is 2.20. The van der Waals surface area contributed by atoms with Gasteiger partial charge in [-0.3, -0.25) is 14.9 Å². The molecule has 0 saturated heterocycles. The number of benzene rings is 2. The number of carbonyl (C=O) groups excluding carboxylic acids is 4. The molecule has 8 nitrogen and oxygen atoms in total. The Morgan fingerprint density at radius 1 is 0.966 bits per heavy atom. The number of imide groups is 1. The second-order valence-electron chi connectivity index (χ2n) is 5.97. The zero-order chi connectivity index (χ0) is 21.4. The molecule has 2 atom stereocenters. The molecule has 0 aliphatic rings. The van der Waals surface area contributed by atoms with Gasteiger partial charge in [-0.2, -0.15) is 0 Å². The topological polar surface area (TPSA) is 114 Å². The molecule has 0 bridgehead atoms. The van der Waals surface area contributed by atoms with E-state index in [4.69, 9.17) is 16.3 Å². The molecular formula is C20H20ClN3O5. The number of amides is 4. The highest BCUT2D eigenvalue weighted by atomic mass is 35.5. The molecule has 3 N–H and O–H groups in total. The van der Waals surface area contributed by atoms with E-state index in [1.165, 1.54) is 20.0 Å². The van der Waals surface area contributed by atoms with Crippen molar-refractivity contribution in [2.75, 3.05) is 7.05 Å². The fourth-order valence-electron chi connectivity index (χ4n) is 2.34. The Balaban J connectivity index is 2.12. The zero-order valence-corrected chi connectivity index (χ0v) is 16.5. The first-order chi connectivity index (χ1) is 13.8. The van der Waals surface area contributed by atoms with E-state index in [1.807, 2.05) is 0 Å². The molecule has 4 amide bonds. The van der Waals surface area contributed by atoms with Gasteiger partial charge in [-0.25, -0.2) is 9.59 Å². The quantitative estimate of drug-likeness (QED) is 0.623. The van der Waals surface area contributed by atoms with Crippen LogP contribution in [0.1, 0.15) is 28.9 Å². The van der Waals surface area contributed by atoms with E-state index in [-0.39, 0.29) is 10.6 Å². The Hall–Kier alpha value is -3.39. The normalized spacial score (nSPS) is 12.2. The number of carbonyl (C=O) groups is 4. The first-order valence-corrected chi connectivity index (χ1v) is 9.04. The van der Waals surface area contributed by atoms with Gasteiger partial charge in [0.25, 0.3) is 11.8 Å². The standard InChI is InChI=1S/C20H20ClN3O5/c1-12(23-17(25)14-10-6-7-11-15(14)21)19(27)29-16(13-8-4-3-5-9-13)18(26)24-20(28)22-2/h3-12,16H,1-2H3,(H,23,25)(H2,22,24,26,28)/t12-,16+/m0/s1. The van der Waals surface area contributed by atoms with Gasteiger partial charge >= 0.3 is 12.0 Å². The monoisotopic (exact) mass is 417 g/mol. The van der Waals surface area contributed by atoms with E-state index in [9.17, 15) is 19.2 Å². The van der Waals surface area contributed by atoms with Crippen molar-refractivity contribution in [2.45, 2.75) is 19.1 Å². The van der Waals surface area contributed by atoms with E-state index in [1.54, 1.807) is 48.5 Å². The second-order valence-corrected chi connectivity index (χ2v) is 6.38. The van der Waals surface area contributed by atoms with Crippen LogP contribution in [0.25, 0.3) is 0 Å². The summed E-state index contributed by atoms with van der Waals surface area (Å²) < 4.78 is 5.29. The first kappa shape index (κ1) is 21.9. The van der Waals surface area contributed by atoms with Crippen molar-refractivity contribution in [3.05, 3.63) is 70.7 Å². The van der Waals surface area contributed by atoms with Crippen LogP contribution in [0, 0.1) is 0 Å². The van der Waals surface area contributed by atoms with Crippen LogP contribution in [0.2, 0.25) is 5.02 Å². The number of hydrogen-bond acceptors (Lipinski definition) is 5. The number of rotatable bonds is 6. The molecule has 0 aliphatic heterocycles. The summed E-state index contributed by atoms with van der Waals surface area (Å²) in [5, 5.41) is 7.03. The molecule has 0 unspecified atom stereocenters. The molecule has 29 heavy (non-hydrogen) atoms. The lowest BCUT2D eigenvalue weighted by atomic mass is 10.1. The van der Waals surface area contributed by atoms with Crippen LogP contribution in [-0.2, 0) is 14.3 Å². The minimum Gasteiger partial charge on any atom is -0.446 e. The van der Waals surface area contributed by atoms with Crippen LogP contribution in [0.15, 0.2) is 54.6 Å². The molecule has 0 aliphatic carbocycles. The van der Waals surface area contributed by atoms with Crippen molar-refractivity contribution in [1.82, 2.24) is 16.0 Å². The minimum absolute atomic E-state index is 0.200. The van der Waals surface area contributed by atoms with Crippen molar-refractivity contribution in [1.29, 1.82) is 0 Å². The van der Waals surface area contributed by atoms with E-state index >= 15 is 0 Å². The van der Waals surface area contributed by atoms with Crippen LogP contribution in [0.5, 0.6) is 0 Å². The number of hydrogen-bond donors (Lipinski definition) is 3. The van der Waals surface area contributed by atoms with Crippen molar-refractivity contribution in [3.8, 4) is 0 Å². The van der Waals surface area contributed by atoms with Gasteiger partial charge in [-0.05, 0) is 19.1 Å². The molecule has 0 saturated carbocycles. The molecule has 0 heterocycles. The molecular weight excluding hydrogens is 398 g/mol. The van der Waals surface area contributed by atoms with E-state index in [0.29, 0.717) is 5.56 Å². The van der Waals surface area contributed by atoms with Gasteiger partial charge in [0, 0.05) is 12.6 Å². The van der Waals surface area contributed by atoms with E-state index in [2.05, 4.69) is 16.0 Å². The number of halogens is 1. The van der Waals surface area contributed by atoms with Crippen LogP contribution < -0.4 is 16.0 Å². The van der Waals surface area contributed by atoms with Crippen LogP contribution in [-0.4, -0.2) is 36.9 Å². The number of urea groups is 1. The van der Waals surface area contributed by atoms with Crippen LogP contribution >= 0.6 is 11.6 Å². The molecule has 2 rings (SSSR count). The highest BCUT2D eigenvalue weighted by Crippen LogP contribution is 2.19. The first-order valence-electron chi connectivity index (χ1n) is 8.67. The van der Waals surface area contributed by atoms with Gasteiger partial charge in [-0.15, -0.1) is 0 Å². The minimum atomic E-state index is -1.37. The second kappa shape index (κ2) is 10.2. The lowest BCUT2D eigenvalue weighted by molar-refractivity contribution is -0.157. The third-order valence-electron chi connectivity index (χ3n) is 3.86. The molecule has 0 radical (unpaired) electrons. The summed E-state index contributed by atoms with van der Waals surface area (Å²) in [5.41, 5.74) is 0.567. The predicted molar refractivity (Wildman–Crippen MR) is 106 cm³/mol. The van der Waals surface area contributed by atoms with Gasteiger partial charge in [0.05, 0.1) is 10.6 Å². The van der Waals surface area contributed by atoms with E-state index in [0.717, 1.165) is 0 Å². The summed E-state index contributed by atoms with van der Waals surface area (Å²) in [7, 11) is 1.35. The van der Waals surface area contributed by atoms with Gasteiger partial charge in [-0.1, -0.05) is 54.1 Å². The zero-order valence-electron chi connectivity index (χ0n) is 15.8. The van der Waals surface area contributed by atoms with Crippen LogP contribution in [0.3, 0.4) is 0 Å². The highest BCUT2D eigenvalue weighted by molar-refractivity contribution is 6.33. The number of ether oxygens (including phenoxy) is 1. The molecule has 0 spiro atoms. The number of esters is 1. The molecule has 152 valence electrons. The summed E-state index contributed by atoms with van der Waals surface area (Å²) in [4.78, 5) is 48.7. The third-order valence-corrected chi connectivity index (χ3v) is 4.19. The fraction of sp³-hybridized carbons (Fsp3) is 0.200. The van der Waals surface area contributed by atoms with Gasteiger partial charge in [0.15, 0.2) is 0 Å². The Morgan fingerprint density at radius 2 is 1.59 bits per heavy atom. The Bertz CT molecular complexity index is 904. The fourth-order valence-corrected chi connectivity index (χ4v) is 2.56. The summed E-state index contributed by atoms with van der Waals surface area (Å²) >= 11 is 5.98. The average Bonchev–Trinajstić information content (AvgIpc) is 2.72. The lowest BCUT2D eigenvalue weighted by Crippen LogP contribution is -2.44. The third kappa shape index (κ3) is 6.05. The smallest absolute Gasteiger partial charge is 0.329 e. The van der Waals surface area contributed by atoms with Crippen molar-refractivity contribution >= 4 is 35.4 Å². The maximum atomic E-state index is 12.5. The molecule has 0 fully saturated rings. The maximum Gasteiger partial charge on any atom is 0.329 e. The van der Waals surface area contributed by atoms with Crippen molar-refractivity contribution in [2.24, 2.45) is 0 Å². The largest absolute Gasteiger partial charge is 0.446 e. The van der Waals surface area contributed by atoms with Crippen LogP contribution in [0.4, 0.5) is 4.79 Å². The highest BCUT2D eigenvalue weighted by Gasteiger charge is 2.29. The maximum absolute atomic E-state index is 12.5. The van der Waals surface area contributed by atoms with Crippen molar-refractivity contribution in [3.63, 3.8) is 0 Å². The van der Waals surface area contributed by atoms with Gasteiger partial charge < -0.3 is 15.4 Å². The number of nitrogens with one attached hydrogen (secondary N) is 3.